The van der Waals surface area contributed by atoms with Gasteiger partial charge in [0.2, 0.25) is 5.09 Å². The molecule has 10 heteroatoms. The van der Waals surface area contributed by atoms with Crippen LogP contribution in [0.1, 0.15) is 16.1 Å². The van der Waals surface area contributed by atoms with Crippen LogP contribution in [0.4, 0.5) is 0 Å². The zero-order valence-electron chi connectivity index (χ0n) is 10.2. The van der Waals surface area contributed by atoms with Crippen molar-refractivity contribution in [1.29, 1.82) is 0 Å². The fourth-order valence-corrected chi connectivity index (χ4v) is 2.10. The summed E-state index contributed by atoms with van der Waals surface area (Å²) < 4.78 is 35.7. The minimum absolute atomic E-state index is 0.0512. The van der Waals surface area contributed by atoms with E-state index in [1.807, 2.05) is 0 Å². The summed E-state index contributed by atoms with van der Waals surface area (Å²) in [4.78, 5) is 15.5. The number of hydrazone groups is 1. The highest BCUT2D eigenvalue weighted by Crippen LogP contribution is 2.12. The molecule has 0 atom stereocenters. The van der Waals surface area contributed by atoms with E-state index in [2.05, 4.69) is 31.4 Å². The van der Waals surface area contributed by atoms with Crippen LogP contribution in [0.3, 0.4) is 0 Å². The fraction of sp³-hybridized carbons (Fsp3) is 0. The number of amides is 1. The van der Waals surface area contributed by atoms with Gasteiger partial charge in [-0.25, -0.2) is 5.43 Å². The summed E-state index contributed by atoms with van der Waals surface area (Å²) in [5, 5.41) is 3.00. The second kappa shape index (κ2) is 6.16. The third-order valence-corrected chi connectivity index (χ3v) is 3.34. The molecule has 2 aromatic heterocycles. The van der Waals surface area contributed by atoms with Gasteiger partial charge in [-0.05, 0) is 34.1 Å². The van der Waals surface area contributed by atoms with Gasteiger partial charge in [0, 0.05) is 16.9 Å². The van der Waals surface area contributed by atoms with Gasteiger partial charge in [-0.15, -0.1) is 0 Å². The second-order valence-corrected chi connectivity index (χ2v) is 5.99. The molecule has 0 fully saturated rings. The molecule has 0 aromatic carbocycles. The van der Waals surface area contributed by atoms with Gasteiger partial charge in [0.15, 0.2) is 0 Å². The molecule has 2 heterocycles. The highest BCUT2D eigenvalue weighted by molar-refractivity contribution is 9.10. The van der Waals surface area contributed by atoms with Gasteiger partial charge in [-0.1, -0.05) is 0 Å². The van der Waals surface area contributed by atoms with E-state index in [0.717, 1.165) is 12.3 Å². The monoisotopic (exact) mass is 373 g/mol. The molecule has 2 N–H and O–H groups in total. The molecular weight excluding hydrogens is 366 g/mol. The molecular formula is C11H8BrN3O5S. The molecule has 0 aliphatic rings. The van der Waals surface area contributed by atoms with Crippen LogP contribution in [0.25, 0.3) is 0 Å². The normalized spacial score (nSPS) is 11.7. The maximum atomic E-state index is 11.7. The molecule has 0 unspecified atom stereocenters. The number of aromatic nitrogens is 1. The quantitative estimate of drug-likeness (QED) is 0.475. The third kappa shape index (κ3) is 4.21. The van der Waals surface area contributed by atoms with Crippen molar-refractivity contribution < 1.29 is 22.2 Å². The van der Waals surface area contributed by atoms with E-state index >= 15 is 0 Å². The molecule has 110 valence electrons. The number of nitrogens with one attached hydrogen (secondary N) is 1. The predicted molar refractivity (Wildman–Crippen MR) is 75.5 cm³/mol. The molecule has 21 heavy (non-hydrogen) atoms. The Morgan fingerprint density at radius 2 is 2.19 bits per heavy atom. The summed E-state index contributed by atoms with van der Waals surface area (Å²) in [6, 6.07) is 3.90. The lowest BCUT2D eigenvalue weighted by Crippen LogP contribution is -2.17. The number of hydrogen-bond acceptors (Lipinski definition) is 6. The van der Waals surface area contributed by atoms with Crippen molar-refractivity contribution in [2.75, 3.05) is 0 Å². The smallest absolute Gasteiger partial charge is 0.328 e. The Kier molecular flexibility index (Phi) is 4.50. The lowest BCUT2D eigenvalue weighted by Gasteiger charge is -1.98. The Morgan fingerprint density at radius 3 is 2.81 bits per heavy atom. The van der Waals surface area contributed by atoms with Gasteiger partial charge >= 0.3 is 10.1 Å². The van der Waals surface area contributed by atoms with Gasteiger partial charge in [0.1, 0.15) is 5.76 Å². The van der Waals surface area contributed by atoms with Crippen molar-refractivity contribution in [3.05, 3.63) is 46.4 Å². The highest BCUT2D eigenvalue weighted by atomic mass is 79.9. The standard InChI is InChI=1S/C11H8BrN3O5S/c12-8-3-7(4-13-5-8)11(16)15-14-6-9-1-2-10(20-9)21(17,18)19/h1-6H,(H,15,16)(H,17,18,19). The molecule has 0 aliphatic heterocycles. The maximum Gasteiger partial charge on any atom is 0.328 e. The van der Waals surface area contributed by atoms with Gasteiger partial charge in [0.25, 0.3) is 5.91 Å². The van der Waals surface area contributed by atoms with E-state index < -0.39 is 21.1 Å². The molecule has 8 nitrogen and oxygen atoms in total. The number of pyridine rings is 1. The molecule has 0 saturated heterocycles. The van der Waals surface area contributed by atoms with Crippen molar-refractivity contribution in [2.45, 2.75) is 5.09 Å². The number of rotatable bonds is 4. The van der Waals surface area contributed by atoms with E-state index in [4.69, 9.17) is 8.97 Å². The van der Waals surface area contributed by atoms with Crippen LogP contribution in [-0.4, -0.2) is 30.1 Å². The lowest BCUT2D eigenvalue weighted by molar-refractivity contribution is 0.0954. The largest absolute Gasteiger partial charge is 0.441 e. The first-order chi connectivity index (χ1) is 9.86. The van der Waals surface area contributed by atoms with Crippen LogP contribution in [0, 0.1) is 0 Å². The maximum absolute atomic E-state index is 11.7. The van der Waals surface area contributed by atoms with Crippen molar-refractivity contribution in [3.8, 4) is 0 Å². The van der Waals surface area contributed by atoms with Crippen LogP contribution in [0.15, 0.2) is 49.7 Å². The van der Waals surface area contributed by atoms with Gasteiger partial charge in [0.05, 0.1) is 11.8 Å². The molecule has 1 amide bonds. The Balaban J connectivity index is 2.03. The number of furan rings is 1. The van der Waals surface area contributed by atoms with Gasteiger partial charge in [-0.2, -0.15) is 13.5 Å². The number of hydrogen-bond donors (Lipinski definition) is 2. The lowest BCUT2D eigenvalue weighted by atomic mass is 10.3. The Bertz CT molecular complexity index is 800. The van der Waals surface area contributed by atoms with Crippen molar-refractivity contribution in [1.82, 2.24) is 10.4 Å². The van der Waals surface area contributed by atoms with Crippen LogP contribution < -0.4 is 5.43 Å². The predicted octanol–water partition coefficient (Wildman–Crippen LogP) is 1.45. The molecule has 0 aliphatic carbocycles. The fourth-order valence-electron chi connectivity index (χ4n) is 1.30. The van der Waals surface area contributed by atoms with Crippen LogP contribution in [0.5, 0.6) is 0 Å². The Morgan fingerprint density at radius 1 is 1.43 bits per heavy atom. The summed E-state index contributed by atoms with van der Waals surface area (Å²) in [6.07, 6.45) is 3.98. The zero-order chi connectivity index (χ0) is 15.5. The van der Waals surface area contributed by atoms with E-state index in [9.17, 15) is 13.2 Å². The summed E-state index contributed by atoms with van der Waals surface area (Å²) in [7, 11) is -4.40. The van der Waals surface area contributed by atoms with E-state index in [-0.39, 0.29) is 5.76 Å². The van der Waals surface area contributed by atoms with Crippen LogP contribution >= 0.6 is 15.9 Å². The van der Waals surface area contributed by atoms with E-state index in [1.54, 1.807) is 6.07 Å². The first-order valence-corrected chi connectivity index (χ1v) is 7.61. The molecule has 0 saturated carbocycles. The first-order valence-electron chi connectivity index (χ1n) is 5.37. The average molecular weight is 374 g/mol. The Hall–Kier alpha value is -2.04. The first kappa shape index (κ1) is 15.4. The van der Waals surface area contributed by atoms with Crippen molar-refractivity contribution in [2.24, 2.45) is 5.10 Å². The molecule has 0 bridgehead atoms. The van der Waals surface area contributed by atoms with Crippen LogP contribution in [-0.2, 0) is 10.1 Å². The summed E-state index contributed by atoms with van der Waals surface area (Å²) >= 11 is 3.18. The van der Waals surface area contributed by atoms with Crippen molar-refractivity contribution >= 4 is 38.2 Å². The molecule has 2 aromatic rings. The highest BCUT2D eigenvalue weighted by Gasteiger charge is 2.14. The zero-order valence-corrected chi connectivity index (χ0v) is 12.6. The number of carbonyl (C=O) groups is 1. The summed E-state index contributed by atoms with van der Waals surface area (Å²) in [5.41, 5.74) is 2.51. The van der Waals surface area contributed by atoms with E-state index in [1.165, 1.54) is 18.5 Å². The number of nitrogens with zero attached hydrogens (tertiary/aromatic N) is 2. The second-order valence-electron chi connectivity index (χ2n) is 3.72. The SMILES string of the molecule is O=C(NN=Cc1ccc(S(=O)(=O)O)o1)c1cncc(Br)c1. The average Bonchev–Trinajstić information content (AvgIpc) is 2.87. The molecule has 2 rings (SSSR count). The van der Waals surface area contributed by atoms with Crippen molar-refractivity contribution in [3.63, 3.8) is 0 Å². The molecule has 0 radical (unpaired) electrons. The number of carbonyl (C=O) groups excluding carboxylic acids is 1. The molecule has 0 spiro atoms. The van der Waals surface area contributed by atoms with Gasteiger partial charge in [-0.3, -0.25) is 14.3 Å². The summed E-state index contributed by atoms with van der Waals surface area (Å²) in [5.74, 6) is -0.447. The third-order valence-electron chi connectivity index (χ3n) is 2.18. The number of halogens is 1. The summed E-state index contributed by atoms with van der Waals surface area (Å²) in [6.45, 7) is 0. The van der Waals surface area contributed by atoms with E-state index in [0.29, 0.717) is 10.0 Å². The minimum atomic E-state index is -4.40. The van der Waals surface area contributed by atoms with Crippen LogP contribution in [0.2, 0.25) is 0 Å². The van der Waals surface area contributed by atoms with Gasteiger partial charge < -0.3 is 4.42 Å². The topological polar surface area (TPSA) is 122 Å². The minimum Gasteiger partial charge on any atom is -0.441 e. The Labute approximate surface area is 127 Å².